The molecule has 0 aliphatic heterocycles. The van der Waals surface area contributed by atoms with Crippen molar-refractivity contribution < 1.29 is 14.6 Å². The fourth-order valence-corrected chi connectivity index (χ4v) is 1.95. The Kier molecular flexibility index (Phi) is 5.35. The molecular formula is C16H14ClNO3. The molecule has 1 heterocycles. The van der Waals surface area contributed by atoms with Gasteiger partial charge >= 0.3 is 5.97 Å². The Morgan fingerprint density at radius 2 is 2.24 bits per heavy atom. The van der Waals surface area contributed by atoms with Crippen LogP contribution in [0.3, 0.4) is 0 Å². The van der Waals surface area contributed by atoms with E-state index in [1.807, 2.05) is 12.1 Å². The zero-order chi connectivity index (χ0) is 15.1. The summed E-state index contributed by atoms with van der Waals surface area (Å²) < 4.78 is 5.70. The van der Waals surface area contributed by atoms with Crippen molar-refractivity contribution in [3.8, 4) is 5.75 Å². The van der Waals surface area contributed by atoms with Gasteiger partial charge in [0, 0.05) is 35.5 Å². The molecule has 0 unspecified atom stereocenters. The Balaban J connectivity index is 2.03. The summed E-state index contributed by atoms with van der Waals surface area (Å²) in [5.74, 6) is -0.419. The highest BCUT2D eigenvalue weighted by Crippen LogP contribution is 2.24. The van der Waals surface area contributed by atoms with Crippen LogP contribution in [0.5, 0.6) is 5.75 Å². The topological polar surface area (TPSA) is 59.4 Å². The van der Waals surface area contributed by atoms with Crippen LogP contribution < -0.4 is 4.74 Å². The van der Waals surface area contributed by atoms with Gasteiger partial charge in [0.15, 0.2) is 0 Å². The Morgan fingerprint density at radius 3 is 2.95 bits per heavy atom. The third-order valence-corrected chi connectivity index (χ3v) is 2.98. The van der Waals surface area contributed by atoms with E-state index in [1.165, 1.54) is 6.08 Å². The first-order valence-corrected chi connectivity index (χ1v) is 6.75. The quantitative estimate of drug-likeness (QED) is 0.830. The molecule has 21 heavy (non-hydrogen) atoms. The van der Waals surface area contributed by atoms with E-state index in [4.69, 9.17) is 21.4 Å². The highest BCUT2D eigenvalue weighted by Gasteiger charge is 2.03. The molecule has 0 amide bonds. The lowest BCUT2D eigenvalue weighted by Crippen LogP contribution is -2.02. The van der Waals surface area contributed by atoms with Crippen LogP contribution in [-0.2, 0) is 11.2 Å². The zero-order valence-electron chi connectivity index (χ0n) is 11.2. The van der Waals surface area contributed by atoms with E-state index < -0.39 is 5.97 Å². The summed E-state index contributed by atoms with van der Waals surface area (Å²) in [7, 11) is 0. The molecule has 108 valence electrons. The maximum atomic E-state index is 10.6. The van der Waals surface area contributed by atoms with Crippen molar-refractivity contribution in [1.29, 1.82) is 0 Å². The van der Waals surface area contributed by atoms with Crippen LogP contribution in [-0.4, -0.2) is 22.7 Å². The summed E-state index contributed by atoms with van der Waals surface area (Å²) in [6, 6.07) is 8.95. The molecule has 2 rings (SSSR count). The number of nitrogens with zero attached hydrogens (tertiary/aromatic N) is 1. The summed E-state index contributed by atoms with van der Waals surface area (Å²) in [5, 5.41) is 9.22. The third-order valence-electron chi connectivity index (χ3n) is 2.75. The van der Waals surface area contributed by atoms with Gasteiger partial charge in [-0.3, -0.25) is 4.98 Å². The number of hydrogen-bond acceptors (Lipinski definition) is 3. The zero-order valence-corrected chi connectivity index (χ0v) is 12.0. The van der Waals surface area contributed by atoms with E-state index in [0.29, 0.717) is 22.9 Å². The molecule has 0 aliphatic carbocycles. The summed E-state index contributed by atoms with van der Waals surface area (Å²) in [4.78, 5) is 14.6. The molecule has 0 radical (unpaired) electrons. The van der Waals surface area contributed by atoms with Gasteiger partial charge in [0.05, 0.1) is 6.61 Å². The lowest BCUT2D eigenvalue weighted by atomic mass is 10.2. The molecule has 2 aromatic rings. The average Bonchev–Trinajstić information content (AvgIpc) is 2.48. The maximum Gasteiger partial charge on any atom is 0.328 e. The van der Waals surface area contributed by atoms with E-state index >= 15 is 0 Å². The first-order chi connectivity index (χ1) is 10.1. The summed E-state index contributed by atoms with van der Waals surface area (Å²) in [6.45, 7) is 0.473. The fraction of sp³-hybridized carbons (Fsp3) is 0.125. The minimum atomic E-state index is -1.02. The first-order valence-electron chi connectivity index (χ1n) is 6.37. The van der Waals surface area contributed by atoms with Crippen molar-refractivity contribution in [2.24, 2.45) is 0 Å². The number of ether oxygens (including phenoxy) is 1. The number of carbonyl (C=O) groups is 1. The number of benzene rings is 1. The van der Waals surface area contributed by atoms with Crippen LogP contribution in [0.25, 0.3) is 6.08 Å². The number of rotatable bonds is 6. The van der Waals surface area contributed by atoms with Crippen molar-refractivity contribution in [1.82, 2.24) is 4.98 Å². The van der Waals surface area contributed by atoms with Gasteiger partial charge in [-0.1, -0.05) is 17.7 Å². The molecule has 4 nitrogen and oxygen atoms in total. The first kappa shape index (κ1) is 15.1. The predicted octanol–water partition coefficient (Wildman–Crippen LogP) is 3.45. The standard InChI is InChI=1S/C16H14ClNO3/c17-14-4-5-15(13(10-14)3-6-16(19)20)21-9-7-12-2-1-8-18-11-12/h1-6,8,10-11H,7,9H2,(H,19,20). The van der Waals surface area contributed by atoms with Crippen molar-refractivity contribution in [2.45, 2.75) is 6.42 Å². The molecule has 0 aliphatic rings. The van der Waals surface area contributed by atoms with Crippen molar-refractivity contribution in [3.63, 3.8) is 0 Å². The number of aromatic nitrogens is 1. The van der Waals surface area contributed by atoms with Crippen molar-refractivity contribution in [2.75, 3.05) is 6.61 Å². The number of halogens is 1. The molecule has 0 fully saturated rings. The Hall–Kier alpha value is -2.33. The van der Waals surface area contributed by atoms with E-state index in [1.54, 1.807) is 30.6 Å². The molecular weight excluding hydrogens is 290 g/mol. The van der Waals surface area contributed by atoms with E-state index in [0.717, 1.165) is 18.1 Å². The Morgan fingerprint density at radius 1 is 1.38 bits per heavy atom. The van der Waals surface area contributed by atoms with Gasteiger partial charge in [-0.2, -0.15) is 0 Å². The van der Waals surface area contributed by atoms with Crippen LogP contribution >= 0.6 is 11.6 Å². The second kappa shape index (κ2) is 7.45. The van der Waals surface area contributed by atoms with Gasteiger partial charge in [0.25, 0.3) is 0 Å². The van der Waals surface area contributed by atoms with Crippen LogP contribution in [0.4, 0.5) is 0 Å². The third kappa shape index (κ3) is 4.93. The number of carboxylic acid groups (broad SMARTS) is 1. The maximum absolute atomic E-state index is 10.6. The van der Waals surface area contributed by atoms with Crippen LogP contribution in [0, 0.1) is 0 Å². The lowest BCUT2D eigenvalue weighted by Gasteiger charge is -2.09. The van der Waals surface area contributed by atoms with Crippen LogP contribution in [0.2, 0.25) is 5.02 Å². The number of pyridine rings is 1. The SMILES string of the molecule is O=C(O)C=Cc1cc(Cl)ccc1OCCc1cccnc1. The van der Waals surface area contributed by atoms with Gasteiger partial charge in [0.1, 0.15) is 5.75 Å². The number of carboxylic acids is 1. The highest BCUT2D eigenvalue weighted by atomic mass is 35.5. The lowest BCUT2D eigenvalue weighted by molar-refractivity contribution is -0.131. The Labute approximate surface area is 127 Å². The van der Waals surface area contributed by atoms with E-state index in [9.17, 15) is 4.79 Å². The predicted molar refractivity (Wildman–Crippen MR) is 81.6 cm³/mol. The van der Waals surface area contributed by atoms with E-state index in [-0.39, 0.29) is 0 Å². The second-order valence-corrected chi connectivity index (χ2v) is 4.75. The number of aliphatic carboxylic acids is 1. The molecule has 0 spiro atoms. The van der Waals surface area contributed by atoms with Crippen molar-refractivity contribution in [3.05, 3.63) is 65.0 Å². The van der Waals surface area contributed by atoms with Gasteiger partial charge in [0.2, 0.25) is 0 Å². The molecule has 0 atom stereocenters. The largest absolute Gasteiger partial charge is 0.493 e. The minimum Gasteiger partial charge on any atom is -0.493 e. The smallest absolute Gasteiger partial charge is 0.328 e. The summed E-state index contributed by atoms with van der Waals surface area (Å²) in [6.07, 6.45) is 6.75. The highest BCUT2D eigenvalue weighted by molar-refractivity contribution is 6.30. The van der Waals surface area contributed by atoms with E-state index in [2.05, 4.69) is 4.98 Å². The Bertz CT molecular complexity index is 641. The molecule has 5 heteroatoms. The normalized spacial score (nSPS) is 10.7. The molecule has 0 saturated carbocycles. The molecule has 0 bridgehead atoms. The van der Waals surface area contributed by atoms with Gasteiger partial charge in [-0.05, 0) is 35.9 Å². The molecule has 1 N–H and O–H groups in total. The van der Waals surface area contributed by atoms with Gasteiger partial charge in [-0.25, -0.2) is 4.79 Å². The average molecular weight is 304 g/mol. The monoisotopic (exact) mass is 303 g/mol. The van der Waals surface area contributed by atoms with Crippen LogP contribution in [0.15, 0.2) is 48.8 Å². The molecule has 1 aromatic heterocycles. The fourth-order valence-electron chi connectivity index (χ4n) is 1.77. The van der Waals surface area contributed by atoms with Crippen LogP contribution in [0.1, 0.15) is 11.1 Å². The minimum absolute atomic E-state index is 0.473. The molecule has 0 saturated heterocycles. The molecule has 1 aromatic carbocycles. The summed E-state index contributed by atoms with van der Waals surface area (Å²) in [5.41, 5.74) is 1.71. The van der Waals surface area contributed by atoms with Gasteiger partial charge in [-0.15, -0.1) is 0 Å². The number of hydrogen-bond donors (Lipinski definition) is 1. The summed E-state index contributed by atoms with van der Waals surface area (Å²) >= 11 is 5.92. The second-order valence-electron chi connectivity index (χ2n) is 4.31. The van der Waals surface area contributed by atoms with Crippen molar-refractivity contribution >= 4 is 23.6 Å². The van der Waals surface area contributed by atoms with Gasteiger partial charge < -0.3 is 9.84 Å².